The molecule has 2 rings (SSSR count). The third kappa shape index (κ3) is 2.34. The summed E-state index contributed by atoms with van der Waals surface area (Å²) in [6.07, 6.45) is 7.64. The van der Waals surface area contributed by atoms with Crippen LogP contribution in [-0.2, 0) is 18.4 Å². The van der Waals surface area contributed by atoms with Crippen LogP contribution in [0.1, 0.15) is 31.5 Å². The van der Waals surface area contributed by atoms with Gasteiger partial charge >= 0.3 is 0 Å². The molecule has 0 atom stereocenters. The van der Waals surface area contributed by atoms with Gasteiger partial charge in [-0.05, 0) is 12.8 Å². The van der Waals surface area contributed by atoms with Crippen molar-refractivity contribution >= 4 is 5.91 Å². The van der Waals surface area contributed by atoms with Crippen molar-refractivity contribution in [3.8, 4) is 0 Å². The summed E-state index contributed by atoms with van der Waals surface area (Å²) in [6.45, 7) is 0.920. The molecule has 0 aromatic carbocycles. The minimum absolute atomic E-state index is 0.0838. The zero-order valence-corrected chi connectivity index (χ0v) is 10.3. The van der Waals surface area contributed by atoms with E-state index in [1.54, 1.807) is 6.20 Å². The second kappa shape index (κ2) is 4.87. The third-order valence-electron chi connectivity index (χ3n) is 3.76. The number of rotatable bonds is 4. The Labute approximate surface area is 101 Å². The van der Waals surface area contributed by atoms with E-state index >= 15 is 0 Å². The van der Waals surface area contributed by atoms with Crippen molar-refractivity contribution in [1.29, 1.82) is 0 Å². The molecule has 3 N–H and O–H groups in total. The van der Waals surface area contributed by atoms with Crippen LogP contribution in [0, 0.1) is 5.41 Å². The second-order valence-electron chi connectivity index (χ2n) is 4.83. The number of aryl methyl sites for hydroxylation is 1. The molecule has 1 heterocycles. The smallest absolute Gasteiger partial charge is 0.227 e. The highest BCUT2D eigenvalue weighted by Gasteiger charge is 2.39. The van der Waals surface area contributed by atoms with Crippen molar-refractivity contribution in [1.82, 2.24) is 14.9 Å². The van der Waals surface area contributed by atoms with Crippen LogP contribution < -0.4 is 11.1 Å². The van der Waals surface area contributed by atoms with E-state index in [0.717, 1.165) is 31.5 Å². The van der Waals surface area contributed by atoms with Crippen LogP contribution in [0.3, 0.4) is 0 Å². The Morgan fingerprint density at radius 2 is 2.29 bits per heavy atom. The van der Waals surface area contributed by atoms with Crippen LogP contribution >= 0.6 is 0 Å². The molecule has 0 saturated heterocycles. The lowest BCUT2D eigenvalue weighted by Gasteiger charge is -2.25. The van der Waals surface area contributed by atoms with Gasteiger partial charge in [0.25, 0.3) is 0 Å². The maximum absolute atomic E-state index is 12.2. The van der Waals surface area contributed by atoms with Crippen LogP contribution in [0.4, 0.5) is 0 Å². The molecular formula is C12H20N4O. The molecule has 1 saturated carbocycles. The first-order valence-corrected chi connectivity index (χ1v) is 6.12. The minimum atomic E-state index is -0.328. The van der Waals surface area contributed by atoms with Gasteiger partial charge in [-0.3, -0.25) is 4.79 Å². The van der Waals surface area contributed by atoms with E-state index < -0.39 is 0 Å². The molecule has 94 valence electrons. The van der Waals surface area contributed by atoms with E-state index in [1.807, 2.05) is 17.8 Å². The molecule has 1 aliphatic carbocycles. The third-order valence-corrected chi connectivity index (χ3v) is 3.76. The molecule has 1 aromatic heterocycles. The Kier molecular flexibility index (Phi) is 3.47. The highest BCUT2D eigenvalue weighted by Crippen LogP contribution is 2.37. The van der Waals surface area contributed by atoms with Gasteiger partial charge in [-0.15, -0.1) is 0 Å². The standard InChI is InChI=1S/C12H20N4O/c1-16-7-6-14-10(16)8-15-11(17)12(9-13)4-2-3-5-12/h6-7H,2-5,8-9,13H2,1H3,(H,15,17). The lowest BCUT2D eigenvalue weighted by atomic mass is 9.85. The Bertz CT molecular complexity index is 393. The van der Waals surface area contributed by atoms with Crippen molar-refractivity contribution < 1.29 is 4.79 Å². The number of nitrogens with zero attached hydrogens (tertiary/aromatic N) is 2. The number of aromatic nitrogens is 2. The van der Waals surface area contributed by atoms with Gasteiger partial charge in [0, 0.05) is 26.0 Å². The molecule has 0 unspecified atom stereocenters. The fraction of sp³-hybridized carbons (Fsp3) is 0.667. The molecule has 0 radical (unpaired) electrons. The van der Waals surface area contributed by atoms with E-state index in [9.17, 15) is 4.79 Å². The van der Waals surface area contributed by atoms with E-state index in [1.165, 1.54) is 0 Å². The van der Waals surface area contributed by atoms with Gasteiger partial charge in [0.05, 0.1) is 12.0 Å². The maximum atomic E-state index is 12.2. The fourth-order valence-corrected chi connectivity index (χ4v) is 2.49. The molecule has 0 spiro atoms. The molecule has 0 aliphatic heterocycles. The number of carbonyl (C=O) groups is 1. The van der Waals surface area contributed by atoms with E-state index in [4.69, 9.17) is 5.73 Å². The molecule has 5 heteroatoms. The largest absolute Gasteiger partial charge is 0.348 e. The molecule has 1 amide bonds. The first-order valence-electron chi connectivity index (χ1n) is 6.12. The normalized spacial score (nSPS) is 18.2. The van der Waals surface area contributed by atoms with Gasteiger partial charge in [0.15, 0.2) is 0 Å². The zero-order valence-electron chi connectivity index (χ0n) is 10.3. The number of hydrogen-bond acceptors (Lipinski definition) is 3. The molecule has 1 aliphatic rings. The highest BCUT2D eigenvalue weighted by atomic mass is 16.2. The summed E-state index contributed by atoms with van der Waals surface area (Å²) in [4.78, 5) is 16.4. The second-order valence-corrected chi connectivity index (χ2v) is 4.83. The summed E-state index contributed by atoms with van der Waals surface area (Å²) in [5, 5.41) is 2.96. The summed E-state index contributed by atoms with van der Waals surface area (Å²) in [7, 11) is 1.92. The maximum Gasteiger partial charge on any atom is 0.227 e. The van der Waals surface area contributed by atoms with Crippen LogP contribution in [0.25, 0.3) is 0 Å². The molecule has 17 heavy (non-hydrogen) atoms. The van der Waals surface area contributed by atoms with Crippen molar-refractivity contribution in [3.63, 3.8) is 0 Å². The molecule has 1 aromatic rings. The highest BCUT2D eigenvalue weighted by molar-refractivity contribution is 5.83. The molecule has 1 fully saturated rings. The van der Waals surface area contributed by atoms with Crippen LogP contribution in [-0.4, -0.2) is 22.0 Å². The molecule has 5 nitrogen and oxygen atoms in total. The average Bonchev–Trinajstić information content (AvgIpc) is 2.95. The lowest BCUT2D eigenvalue weighted by Crippen LogP contribution is -2.44. The van der Waals surface area contributed by atoms with Crippen LogP contribution in [0.5, 0.6) is 0 Å². The van der Waals surface area contributed by atoms with Gasteiger partial charge in [0.2, 0.25) is 5.91 Å². The van der Waals surface area contributed by atoms with Crippen LogP contribution in [0.15, 0.2) is 12.4 Å². The Morgan fingerprint density at radius 1 is 1.59 bits per heavy atom. The number of nitrogens with one attached hydrogen (secondary N) is 1. The number of hydrogen-bond donors (Lipinski definition) is 2. The van der Waals surface area contributed by atoms with Crippen LogP contribution in [0.2, 0.25) is 0 Å². The van der Waals surface area contributed by atoms with Crippen molar-refractivity contribution in [3.05, 3.63) is 18.2 Å². The number of carbonyl (C=O) groups excluding carboxylic acids is 1. The molecular weight excluding hydrogens is 216 g/mol. The van der Waals surface area contributed by atoms with Gasteiger partial charge < -0.3 is 15.6 Å². The Hall–Kier alpha value is -1.36. The predicted octanol–water partition coefficient (Wildman–Crippen LogP) is 0.555. The van der Waals surface area contributed by atoms with E-state index in [2.05, 4.69) is 10.3 Å². The predicted molar refractivity (Wildman–Crippen MR) is 65.0 cm³/mol. The van der Waals surface area contributed by atoms with E-state index in [0.29, 0.717) is 13.1 Å². The minimum Gasteiger partial charge on any atom is -0.348 e. The fourth-order valence-electron chi connectivity index (χ4n) is 2.49. The summed E-state index contributed by atoms with van der Waals surface area (Å²) < 4.78 is 1.91. The van der Waals surface area contributed by atoms with Gasteiger partial charge in [-0.25, -0.2) is 4.98 Å². The van der Waals surface area contributed by atoms with Gasteiger partial charge in [-0.1, -0.05) is 12.8 Å². The number of imidazole rings is 1. The SMILES string of the molecule is Cn1ccnc1CNC(=O)C1(CN)CCCC1. The summed E-state index contributed by atoms with van der Waals surface area (Å²) in [5.74, 6) is 0.948. The number of nitrogens with two attached hydrogens (primary N) is 1. The topological polar surface area (TPSA) is 72.9 Å². The summed E-state index contributed by atoms with van der Waals surface area (Å²) in [6, 6.07) is 0. The van der Waals surface area contributed by atoms with Crippen molar-refractivity contribution in [2.24, 2.45) is 18.2 Å². The zero-order chi connectivity index (χ0) is 12.3. The first-order chi connectivity index (χ1) is 8.18. The number of amides is 1. The quantitative estimate of drug-likeness (QED) is 0.802. The summed E-state index contributed by atoms with van der Waals surface area (Å²) in [5.41, 5.74) is 5.44. The average molecular weight is 236 g/mol. The van der Waals surface area contributed by atoms with Crippen molar-refractivity contribution in [2.45, 2.75) is 32.2 Å². The summed E-state index contributed by atoms with van der Waals surface area (Å²) >= 11 is 0. The Morgan fingerprint density at radius 3 is 2.82 bits per heavy atom. The van der Waals surface area contributed by atoms with Gasteiger partial charge in [0.1, 0.15) is 5.82 Å². The van der Waals surface area contributed by atoms with Crippen molar-refractivity contribution in [2.75, 3.05) is 6.54 Å². The lowest BCUT2D eigenvalue weighted by molar-refractivity contribution is -0.130. The molecule has 0 bridgehead atoms. The Balaban J connectivity index is 1.95. The van der Waals surface area contributed by atoms with E-state index in [-0.39, 0.29) is 11.3 Å². The first kappa shape index (κ1) is 12.1. The van der Waals surface area contributed by atoms with Gasteiger partial charge in [-0.2, -0.15) is 0 Å². The monoisotopic (exact) mass is 236 g/mol.